The second kappa shape index (κ2) is 9.42. The van der Waals surface area contributed by atoms with E-state index in [2.05, 4.69) is 10.5 Å². The molecule has 0 radical (unpaired) electrons. The molecular formula is C22H20N3O5-. The maximum Gasteiger partial charge on any atom is 0.273 e. The van der Waals surface area contributed by atoms with E-state index < -0.39 is 12.6 Å². The van der Waals surface area contributed by atoms with E-state index in [4.69, 9.17) is 9.47 Å². The number of para-hydroxylation sites is 1. The molecule has 0 saturated carbocycles. The second-order valence-corrected chi connectivity index (χ2v) is 6.27. The Morgan fingerprint density at radius 1 is 1.07 bits per heavy atom. The molecule has 0 bridgehead atoms. The summed E-state index contributed by atoms with van der Waals surface area (Å²) >= 11 is 0. The van der Waals surface area contributed by atoms with Crippen LogP contribution in [-0.4, -0.2) is 35.9 Å². The molecule has 8 nitrogen and oxygen atoms in total. The fraction of sp³-hybridized carbons (Fsp3) is 0.136. The fourth-order valence-corrected chi connectivity index (χ4v) is 2.79. The molecule has 154 valence electrons. The van der Waals surface area contributed by atoms with Crippen LogP contribution in [0.3, 0.4) is 0 Å². The second-order valence-electron chi connectivity index (χ2n) is 6.27. The van der Waals surface area contributed by atoms with E-state index in [1.807, 2.05) is 41.2 Å². The molecule has 1 N–H and O–H groups in total. The van der Waals surface area contributed by atoms with Crippen molar-refractivity contribution in [2.75, 3.05) is 13.7 Å². The molecule has 0 saturated heterocycles. The first kappa shape index (κ1) is 20.7. The van der Waals surface area contributed by atoms with Gasteiger partial charge in [0.15, 0.2) is 11.5 Å². The quantitative estimate of drug-likeness (QED) is 0.453. The summed E-state index contributed by atoms with van der Waals surface area (Å²) in [5.74, 6) is -1.07. The zero-order chi connectivity index (χ0) is 21.5. The van der Waals surface area contributed by atoms with Crippen LogP contribution in [0.2, 0.25) is 0 Å². The summed E-state index contributed by atoms with van der Waals surface area (Å²) in [7, 11) is 1.44. The Morgan fingerprint density at radius 3 is 2.50 bits per heavy atom. The van der Waals surface area contributed by atoms with E-state index in [1.54, 1.807) is 37.3 Å². The Bertz CT molecular complexity index is 1070. The van der Waals surface area contributed by atoms with E-state index in [-0.39, 0.29) is 11.7 Å². The van der Waals surface area contributed by atoms with Gasteiger partial charge in [0.1, 0.15) is 6.61 Å². The topological polar surface area (TPSA) is 105 Å². The normalized spacial score (nSPS) is 11.1. The Balaban J connectivity index is 1.77. The SMILES string of the molecule is COc1cc(/C(C)=N\NC(=O)c2ccccc2-n2cccc2)ccc1OCC(=O)[O-]. The van der Waals surface area contributed by atoms with Gasteiger partial charge in [0, 0.05) is 18.0 Å². The summed E-state index contributed by atoms with van der Waals surface area (Å²) in [5, 5.41) is 14.8. The van der Waals surface area contributed by atoms with Crippen molar-refractivity contribution in [2.24, 2.45) is 5.10 Å². The number of carboxylic acids is 1. The van der Waals surface area contributed by atoms with Crippen LogP contribution in [0, 0.1) is 0 Å². The Labute approximate surface area is 173 Å². The summed E-state index contributed by atoms with van der Waals surface area (Å²) in [6, 6.07) is 15.9. The van der Waals surface area contributed by atoms with Crippen LogP contribution in [0.5, 0.6) is 11.5 Å². The molecule has 3 rings (SSSR count). The number of nitrogens with one attached hydrogen (secondary N) is 1. The number of hydrogen-bond acceptors (Lipinski definition) is 6. The lowest BCUT2D eigenvalue weighted by Crippen LogP contribution is -2.29. The van der Waals surface area contributed by atoms with Crippen LogP contribution >= 0.6 is 0 Å². The van der Waals surface area contributed by atoms with Gasteiger partial charge < -0.3 is 23.9 Å². The van der Waals surface area contributed by atoms with Gasteiger partial charge in [-0.25, -0.2) is 5.43 Å². The predicted molar refractivity (Wildman–Crippen MR) is 109 cm³/mol. The van der Waals surface area contributed by atoms with Gasteiger partial charge in [0.25, 0.3) is 5.91 Å². The van der Waals surface area contributed by atoms with E-state index in [9.17, 15) is 14.7 Å². The number of ether oxygens (including phenoxy) is 2. The van der Waals surface area contributed by atoms with Gasteiger partial charge in [0.05, 0.1) is 30.0 Å². The molecule has 1 heterocycles. The van der Waals surface area contributed by atoms with Crippen molar-refractivity contribution in [3.63, 3.8) is 0 Å². The Hall–Kier alpha value is -4.07. The van der Waals surface area contributed by atoms with E-state index in [0.717, 1.165) is 5.69 Å². The first-order valence-corrected chi connectivity index (χ1v) is 9.07. The van der Waals surface area contributed by atoms with Crippen LogP contribution < -0.4 is 20.0 Å². The number of carbonyl (C=O) groups is 2. The molecule has 0 atom stereocenters. The zero-order valence-corrected chi connectivity index (χ0v) is 16.5. The van der Waals surface area contributed by atoms with Crippen molar-refractivity contribution < 1.29 is 24.2 Å². The number of aliphatic carboxylic acids is 1. The van der Waals surface area contributed by atoms with Crippen molar-refractivity contribution in [1.82, 2.24) is 9.99 Å². The molecule has 0 unspecified atom stereocenters. The van der Waals surface area contributed by atoms with Gasteiger partial charge in [-0.15, -0.1) is 0 Å². The Kier molecular flexibility index (Phi) is 6.49. The standard InChI is InChI=1S/C22H21N3O5/c1-15(16-9-10-19(20(13-16)29-2)30-14-21(26)27)23-24-22(28)17-7-3-4-8-18(17)25-11-5-6-12-25/h3-13H,14H2,1-2H3,(H,24,28)(H,26,27)/p-1/b23-15-. The van der Waals surface area contributed by atoms with Crippen LogP contribution in [0.15, 0.2) is 72.1 Å². The molecule has 0 aliphatic rings. The average molecular weight is 406 g/mol. The number of hydrazone groups is 1. The van der Waals surface area contributed by atoms with Crippen LogP contribution in [-0.2, 0) is 4.79 Å². The molecule has 0 aliphatic heterocycles. The minimum absolute atomic E-state index is 0.267. The van der Waals surface area contributed by atoms with Crippen molar-refractivity contribution in [2.45, 2.75) is 6.92 Å². The predicted octanol–water partition coefficient (Wildman–Crippen LogP) is 1.77. The van der Waals surface area contributed by atoms with Crippen molar-refractivity contribution in [1.29, 1.82) is 0 Å². The lowest BCUT2D eigenvalue weighted by Gasteiger charge is -2.13. The number of amides is 1. The molecule has 0 fully saturated rings. The lowest BCUT2D eigenvalue weighted by atomic mass is 10.1. The molecule has 3 aromatic rings. The highest BCUT2D eigenvalue weighted by Gasteiger charge is 2.12. The molecule has 0 spiro atoms. The average Bonchev–Trinajstić information content (AvgIpc) is 3.30. The summed E-state index contributed by atoms with van der Waals surface area (Å²) in [4.78, 5) is 23.3. The minimum atomic E-state index is -1.33. The van der Waals surface area contributed by atoms with Gasteiger partial charge in [-0.1, -0.05) is 12.1 Å². The smallest absolute Gasteiger partial charge is 0.273 e. The maximum absolute atomic E-state index is 12.7. The number of nitrogens with zero attached hydrogens (tertiary/aromatic N) is 2. The van der Waals surface area contributed by atoms with Gasteiger partial charge in [-0.2, -0.15) is 5.10 Å². The number of methoxy groups -OCH3 is 1. The third kappa shape index (κ3) is 4.85. The van der Waals surface area contributed by atoms with Crippen molar-refractivity contribution in [3.8, 4) is 17.2 Å². The summed E-state index contributed by atoms with van der Waals surface area (Å²) in [6.45, 7) is 1.15. The molecule has 0 aliphatic carbocycles. The van der Waals surface area contributed by atoms with Crippen molar-refractivity contribution >= 4 is 17.6 Å². The van der Waals surface area contributed by atoms with Gasteiger partial charge in [-0.05, 0) is 49.4 Å². The summed E-state index contributed by atoms with van der Waals surface area (Å²) in [5.41, 5.74) is 5.00. The molecule has 2 aromatic carbocycles. The highest BCUT2D eigenvalue weighted by atomic mass is 16.5. The highest BCUT2D eigenvalue weighted by molar-refractivity contribution is 6.02. The van der Waals surface area contributed by atoms with E-state index in [0.29, 0.717) is 22.6 Å². The molecule has 1 aromatic heterocycles. The van der Waals surface area contributed by atoms with Crippen LogP contribution in [0.4, 0.5) is 0 Å². The lowest BCUT2D eigenvalue weighted by molar-refractivity contribution is -0.307. The van der Waals surface area contributed by atoms with E-state index >= 15 is 0 Å². The Morgan fingerprint density at radius 2 is 1.80 bits per heavy atom. The zero-order valence-electron chi connectivity index (χ0n) is 16.5. The largest absolute Gasteiger partial charge is 0.546 e. The number of benzene rings is 2. The number of carboxylic acid groups (broad SMARTS) is 1. The monoisotopic (exact) mass is 406 g/mol. The van der Waals surface area contributed by atoms with Crippen LogP contribution in [0.25, 0.3) is 5.69 Å². The number of rotatable bonds is 8. The fourth-order valence-electron chi connectivity index (χ4n) is 2.79. The minimum Gasteiger partial charge on any atom is -0.546 e. The molecular weight excluding hydrogens is 386 g/mol. The highest BCUT2D eigenvalue weighted by Crippen LogP contribution is 2.28. The first-order valence-electron chi connectivity index (χ1n) is 9.07. The summed E-state index contributed by atoms with van der Waals surface area (Å²) < 4.78 is 12.2. The molecule has 8 heteroatoms. The number of hydrogen-bond donors (Lipinski definition) is 1. The molecule has 1 amide bonds. The van der Waals surface area contributed by atoms with Gasteiger partial charge in [0.2, 0.25) is 0 Å². The van der Waals surface area contributed by atoms with Gasteiger partial charge in [-0.3, -0.25) is 4.79 Å². The van der Waals surface area contributed by atoms with Gasteiger partial charge >= 0.3 is 0 Å². The first-order chi connectivity index (χ1) is 14.5. The maximum atomic E-state index is 12.7. The van der Waals surface area contributed by atoms with Crippen LogP contribution in [0.1, 0.15) is 22.8 Å². The van der Waals surface area contributed by atoms with E-state index in [1.165, 1.54) is 7.11 Å². The van der Waals surface area contributed by atoms with Crippen molar-refractivity contribution in [3.05, 3.63) is 78.1 Å². The molecule has 30 heavy (non-hydrogen) atoms. The third-order valence-corrected chi connectivity index (χ3v) is 4.28. The number of carbonyl (C=O) groups excluding carboxylic acids is 2. The third-order valence-electron chi connectivity index (χ3n) is 4.28. The number of aromatic nitrogens is 1. The summed E-state index contributed by atoms with van der Waals surface area (Å²) in [6.07, 6.45) is 3.72.